The zero-order valence-corrected chi connectivity index (χ0v) is 14.2. The van der Waals surface area contributed by atoms with Crippen LogP contribution in [0.1, 0.15) is 24.1 Å². The highest BCUT2D eigenvalue weighted by atomic mass is 19.4. The molecule has 0 saturated carbocycles. The molecule has 2 heterocycles. The lowest BCUT2D eigenvalue weighted by molar-refractivity contribution is -0.140. The van der Waals surface area contributed by atoms with Crippen molar-refractivity contribution in [3.05, 3.63) is 53.7 Å². The Morgan fingerprint density at radius 2 is 1.85 bits per heavy atom. The van der Waals surface area contributed by atoms with E-state index >= 15 is 0 Å². The molecule has 0 atom stereocenters. The molecule has 3 aromatic rings. The molecule has 0 spiro atoms. The molecule has 4 rings (SSSR count). The SMILES string of the molecule is O=C1CCCN1Cc1ccc(-n2nc(C(F)(F)F)c3cc(O)ccc32)cc1. The number of nitrogens with zero attached hydrogens (tertiary/aromatic N) is 3. The predicted octanol–water partition coefficient (Wildman–Crippen LogP) is 3.87. The molecule has 27 heavy (non-hydrogen) atoms. The van der Waals surface area contributed by atoms with E-state index in [0.29, 0.717) is 18.7 Å². The number of alkyl halides is 3. The number of rotatable bonds is 3. The summed E-state index contributed by atoms with van der Waals surface area (Å²) in [7, 11) is 0. The third kappa shape index (κ3) is 3.22. The molecule has 1 aliphatic rings. The van der Waals surface area contributed by atoms with Gasteiger partial charge < -0.3 is 10.0 Å². The van der Waals surface area contributed by atoms with Crippen LogP contribution in [0.25, 0.3) is 16.6 Å². The van der Waals surface area contributed by atoms with Gasteiger partial charge in [0.2, 0.25) is 5.91 Å². The molecule has 8 heteroatoms. The number of aromatic hydroxyl groups is 1. The molecule has 0 aliphatic carbocycles. The van der Waals surface area contributed by atoms with Crippen LogP contribution in [0.5, 0.6) is 5.75 Å². The summed E-state index contributed by atoms with van der Waals surface area (Å²) in [5.74, 6) is -0.134. The van der Waals surface area contributed by atoms with Crippen LogP contribution < -0.4 is 0 Å². The lowest BCUT2D eigenvalue weighted by atomic mass is 10.1. The number of carbonyl (C=O) groups is 1. The second kappa shape index (κ2) is 6.29. The Labute approximate surface area is 152 Å². The topological polar surface area (TPSA) is 58.4 Å². The minimum atomic E-state index is -4.63. The fourth-order valence-electron chi connectivity index (χ4n) is 3.35. The molecule has 2 aromatic carbocycles. The first-order chi connectivity index (χ1) is 12.8. The highest BCUT2D eigenvalue weighted by Crippen LogP contribution is 2.36. The van der Waals surface area contributed by atoms with Crippen LogP contribution in [0.4, 0.5) is 13.2 Å². The lowest BCUT2D eigenvalue weighted by Crippen LogP contribution is -2.23. The van der Waals surface area contributed by atoms with Gasteiger partial charge in [0.1, 0.15) is 5.75 Å². The first-order valence-electron chi connectivity index (χ1n) is 8.49. The van der Waals surface area contributed by atoms with Crippen LogP contribution in [-0.4, -0.2) is 32.2 Å². The van der Waals surface area contributed by atoms with Gasteiger partial charge in [0, 0.05) is 24.9 Å². The Balaban J connectivity index is 1.71. The van der Waals surface area contributed by atoms with E-state index in [2.05, 4.69) is 5.10 Å². The summed E-state index contributed by atoms with van der Waals surface area (Å²) in [5.41, 5.74) is 0.583. The number of amides is 1. The normalized spacial score (nSPS) is 15.1. The van der Waals surface area contributed by atoms with E-state index in [0.717, 1.165) is 24.6 Å². The van der Waals surface area contributed by atoms with Crippen molar-refractivity contribution in [1.82, 2.24) is 14.7 Å². The van der Waals surface area contributed by atoms with Crippen molar-refractivity contribution in [3.63, 3.8) is 0 Å². The van der Waals surface area contributed by atoms with Gasteiger partial charge in [-0.05, 0) is 42.3 Å². The molecule has 5 nitrogen and oxygen atoms in total. The molecule has 1 fully saturated rings. The summed E-state index contributed by atoms with van der Waals surface area (Å²) in [4.78, 5) is 13.5. The second-order valence-electron chi connectivity index (χ2n) is 6.54. The maximum atomic E-state index is 13.3. The van der Waals surface area contributed by atoms with Gasteiger partial charge in [0.05, 0.1) is 11.2 Å². The van der Waals surface area contributed by atoms with E-state index in [1.165, 1.54) is 16.8 Å². The first-order valence-corrected chi connectivity index (χ1v) is 8.49. The summed E-state index contributed by atoms with van der Waals surface area (Å²) in [6.45, 7) is 1.21. The predicted molar refractivity (Wildman–Crippen MR) is 92.4 cm³/mol. The summed E-state index contributed by atoms with van der Waals surface area (Å²) >= 11 is 0. The maximum absolute atomic E-state index is 13.3. The van der Waals surface area contributed by atoms with E-state index in [4.69, 9.17) is 0 Å². The van der Waals surface area contributed by atoms with Crippen molar-refractivity contribution in [3.8, 4) is 11.4 Å². The molecule has 0 radical (unpaired) electrons. The maximum Gasteiger partial charge on any atom is 0.435 e. The average molecular weight is 375 g/mol. The third-order valence-corrected chi connectivity index (χ3v) is 4.66. The monoisotopic (exact) mass is 375 g/mol. The van der Waals surface area contributed by atoms with Crippen molar-refractivity contribution in [2.24, 2.45) is 0 Å². The molecule has 1 aliphatic heterocycles. The number of phenols is 1. The van der Waals surface area contributed by atoms with Crippen molar-refractivity contribution >= 4 is 16.8 Å². The fraction of sp³-hybridized carbons (Fsp3) is 0.263. The second-order valence-corrected chi connectivity index (χ2v) is 6.54. The molecule has 0 unspecified atom stereocenters. The number of benzene rings is 2. The number of fused-ring (bicyclic) bond motifs is 1. The van der Waals surface area contributed by atoms with Crippen molar-refractivity contribution < 1.29 is 23.1 Å². The smallest absolute Gasteiger partial charge is 0.435 e. The standard InChI is InChI=1S/C19H16F3N3O2/c20-19(21,22)18-15-10-14(26)7-8-16(15)25(23-18)13-5-3-12(4-6-13)11-24-9-1-2-17(24)27/h3-8,10,26H,1-2,9,11H2. The minimum Gasteiger partial charge on any atom is -0.508 e. The Hall–Kier alpha value is -3.03. The number of carbonyl (C=O) groups excluding carboxylic acids is 1. The Bertz CT molecular complexity index is 1010. The Morgan fingerprint density at radius 3 is 2.48 bits per heavy atom. The molecule has 1 saturated heterocycles. The van der Waals surface area contributed by atoms with Crippen LogP contribution >= 0.6 is 0 Å². The van der Waals surface area contributed by atoms with Crippen molar-refractivity contribution in [1.29, 1.82) is 0 Å². The van der Waals surface area contributed by atoms with Gasteiger partial charge in [-0.1, -0.05) is 12.1 Å². The fourth-order valence-corrected chi connectivity index (χ4v) is 3.35. The quantitative estimate of drug-likeness (QED) is 0.756. The van der Waals surface area contributed by atoms with Crippen LogP contribution in [0, 0.1) is 0 Å². The van der Waals surface area contributed by atoms with Crippen LogP contribution in [0.15, 0.2) is 42.5 Å². The number of halogens is 3. The summed E-state index contributed by atoms with van der Waals surface area (Å²) in [6, 6.07) is 10.7. The van der Waals surface area contributed by atoms with Gasteiger partial charge in [-0.15, -0.1) is 0 Å². The molecule has 1 aromatic heterocycles. The number of hydrogen-bond donors (Lipinski definition) is 1. The number of aromatic nitrogens is 2. The molecule has 1 amide bonds. The van der Waals surface area contributed by atoms with Crippen molar-refractivity contribution in [2.45, 2.75) is 25.6 Å². The van der Waals surface area contributed by atoms with Gasteiger partial charge >= 0.3 is 6.18 Å². The van der Waals surface area contributed by atoms with E-state index in [1.807, 2.05) is 0 Å². The Kier molecular flexibility index (Phi) is 4.05. The van der Waals surface area contributed by atoms with Crippen LogP contribution in [-0.2, 0) is 17.5 Å². The van der Waals surface area contributed by atoms with E-state index in [9.17, 15) is 23.1 Å². The highest BCUT2D eigenvalue weighted by Gasteiger charge is 2.37. The van der Waals surface area contributed by atoms with Gasteiger partial charge in [0.25, 0.3) is 0 Å². The molecular weight excluding hydrogens is 359 g/mol. The van der Waals surface area contributed by atoms with Gasteiger partial charge in [0.15, 0.2) is 5.69 Å². The number of phenolic OH excluding ortho intramolecular Hbond substituents is 1. The largest absolute Gasteiger partial charge is 0.508 e. The summed E-state index contributed by atoms with van der Waals surface area (Å²) in [6.07, 6.45) is -3.22. The highest BCUT2D eigenvalue weighted by molar-refractivity contribution is 5.85. The van der Waals surface area contributed by atoms with E-state index in [-0.39, 0.29) is 22.6 Å². The van der Waals surface area contributed by atoms with E-state index < -0.39 is 11.9 Å². The summed E-state index contributed by atoms with van der Waals surface area (Å²) in [5, 5.41) is 13.1. The Morgan fingerprint density at radius 1 is 1.11 bits per heavy atom. The molecule has 140 valence electrons. The molecular formula is C19H16F3N3O2. The molecule has 0 bridgehead atoms. The van der Waals surface area contributed by atoms with Crippen LogP contribution in [0.2, 0.25) is 0 Å². The lowest BCUT2D eigenvalue weighted by Gasteiger charge is -2.15. The average Bonchev–Trinajstić information content (AvgIpc) is 3.19. The number of hydrogen-bond acceptors (Lipinski definition) is 3. The van der Waals surface area contributed by atoms with Gasteiger partial charge in [-0.25, -0.2) is 4.68 Å². The minimum absolute atomic E-state index is 0.117. The zero-order chi connectivity index (χ0) is 19.2. The van der Waals surface area contributed by atoms with Gasteiger partial charge in [-0.2, -0.15) is 18.3 Å². The zero-order valence-electron chi connectivity index (χ0n) is 14.2. The molecule has 1 N–H and O–H groups in total. The van der Waals surface area contributed by atoms with Gasteiger partial charge in [-0.3, -0.25) is 4.79 Å². The summed E-state index contributed by atoms with van der Waals surface area (Å²) < 4.78 is 41.1. The van der Waals surface area contributed by atoms with Crippen LogP contribution in [0.3, 0.4) is 0 Å². The first kappa shape index (κ1) is 17.4. The van der Waals surface area contributed by atoms with Crippen molar-refractivity contribution in [2.75, 3.05) is 6.54 Å². The number of likely N-dealkylation sites (tertiary alicyclic amines) is 1. The van der Waals surface area contributed by atoms with E-state index in [1.54, 1.807) is 29.2 Å². The third-order valence-electron chi connectivity index (χ3n) is 4.66.